The summed E-state index contributed by atoms with van der Waals surface area (Å²) in [5.41, 5.74) is 0.872. The summed E-state index contributed by atoms with van der Waals surface area (Å²) in [5.74, 6) is 6.66. The van der Waals surface area contributed by atoms with Crippen molar-refractivity contribution in [1.82, 2.24) is 0 Å². The molecule has 1 aliphatic rings. The number of aromatic hydroxyl groups is 1. The average Bonchev–Trinajstić information content (AvgIpc) is 3.22. The Bertz CT molecular complexity index is 688. The maximum atomic E-state index is 11.3. The van der Waals surface area contributed by atoms with E-state index in [0.717, 1.165) is 5.56 Å². The number of allylic oxidation sites excluding steroid dienone is 2. The van der Waals surface area contributed by atoms with E-state index < -0.39 is 0 Å². The highest BCUT2D eigenvalue weighted by atomic mass is 16.5. The van der Waals surface area contributed by atoms with E-state index in [2.05, 4.69) is 22.7 Å². The fourth-order valence-electron chi connectivity index (χ4n) is 3.03. The second-order valence-electron chi connectivity index (χ2n) is 6.86. The Morgan fingerprint density at radius 3 is 2.57 bits per heavy atom. The van der Waals surface area contributed by atoms with E-state index in [9.17, 15) is 14.7 Å². The van der Waals surface area contributed by atoms with Crippen LogP contribution in [-0.2, 0) is 20.7 Å². The van der Waals surface area contributed by atoms with Crippen LogP contribution < -0.4 is 0 Å². The van der Waals surface area contributed by atoms with E-state index in [-0.39, 0.29) is 17.5 Å². The first-order chi connectivity index (χ1) is 13.6. The van der Waals surface area contributed by atoms with Crippen molar-refractivity contribution in [3.05, 3.63) is 42.0 Å². The van der Waals surface area contributed by atoms with Crippen molar-refractivity contribution in [1.29, 1.82) is 0 Å². The third kappa shape index (κ3) is 10.6. The van der Waals surface area contributed by atoms with Gasteiger partial charge in [0.15, 0.2) is 5.78 Å². The number of benzene rings is 1. The molecule has 4 heteroatoms. The monoisotopic (exact) mass is 384 g/mol. The Kier molecular flexibility index (Phi) is 12.2. The molecule has 2 rings (SSSR count). The molecule has 1 aromatic carbocycles. The molecule has 1 saturated carbocycles. The second-order valence-corrected chi connectivity index (χ2v) is 6.86. The highest BCUT2D eigenvalue weighted by molar-refractivity contribution is 5.89. The topological polar surface area (TPSA) is 63.6 Å². The highest BCUT2D eigenvalue weighted by Crippen LogP contribution is 2.25. The Morgan fingerprint density at radius 2 is 1.93 bits per heavy atom. The normalized spacial score (nSPS) is 13.4. The maximum absolute atomic E-state index is 11.3. The van der Waals surface area contributed by atoms with Gasteiger partial charge >= 0.3 is 5.97 Å². The molecule has 0 atom stereocenters. The molecule has 28 heavy (non-hydrogen) atoms. The van der Waals surface area contributed by atoms with E-state index in [1.807, 2.05) is 12.1 Å². The number of phenolic OH excluding ortho intramolecular Hbond substituents is 1. The average molecular weight is 385 g/mol. The summed E-state index contributed by atoms with van der Waals surface area (Å²) < 4.78 is 4.52. The van der Waals surface area contributed by atoms with Gasteiger partial charge in [-0.2, -0.15) is 0 Å². The smallest absolute Gasteiger partial charge is 0.305 e. The molecule has 0 aromatic heterocycles. The van der Waals surface area contributed by atoms with Crippen LogP contribution in [0.1, 0.15) is 63.9 Å². The molecule has 0 heterocycles. The second kappa shape index (κ2) is 14.5. The molecule has 4 nitrogen and oxygen atoms in total. The van der Waals surface area contributed by atoms with Crippen LogP contribution in [0.15, 0.2) is 36.4 Å². The fraction of sp³-hybridized carbons (Fsp3) is 0.500. The summed E-state index contributed by atoms with van der Waals surface area (Å²) in [6.45, 7) is 1.80. The van der Waals surface area contributed by atoms with Gasteiger partial charge in [-0.25, -0.2) is 0 Å². The zero-order valence-electron chi connectivity index (χ0n) is 17.1. The first-order valence-electron chi connectivity index (χ1n) is 10.0. The minimum Gasteiger partial charge on any atom is -0.508 e. The molecule has 1 aromatic rings. The molecular weight excluding hydrogens is 352 g/mol. The van der Waals surface area contributed by atoms with E-state index in [1.165, 1.54) is 32.8 Å². The number of ether oxygens (including phenoxy) is 1. The molecule has 0 bridgehead atoms. The lowest BCUT2D eigenvalue weighted by atomic mass is 10.1. The molecule has 0 aliphatic heterocycles. The van der Waals surface area contributed by atoms with Crippen LogP contribution in [0.3, 0.4) is 0 Å². The van der Waals surface area contributed by atoms with Crippen LogP contribution in [0, 0.1) is 17.8 Å². The maximum Gasteiger partial charge on any atom is 0.305 e. The van der Waals surface area contributed by atoms with Gasteiger partial charge in [0.2, 0.25) is 0 Å². The number of hydrogen-bond acceptors (Lipinski definition) is 4. The third-order valence-corrected chi connectivity index (χ3v) is 4.67. The lowest BCUT2D eigenvalue weighted by molar-refractivity contribution is -0.140. The lowest BCUT2D eigenvalue weighted by Gasteiger charge is -2.02. The highest BCUT2D eigenvalue weighted by Gasteiger charge is 2.11. The number of para-hydroxylation sites is 1. The molecule has 0 saturated heterocycles. The van der Waals surface area contributed by atoms with Gasteiger partial charge in [0.1, 0.15) is 5.75 Å². The Hall–Kier alpha value is -2.54. The van der Waals surface area contributed by atoms with Crippen molar-refractivity contribution in [3.8, 4) is 17.6 Å². The van der Waals surface area contributed by atoms with E-state index in [1.54, 1.807) is 25.1 Å². The first kappa shape index (κ1) is 23.5. The molecular formula is C24H32O4. The van der Waals surface area contributed by atoms with Crippen molar-refractivity contribution in [3.63, 3.8) is 0 Å². The van der Waals surface area contributed by atoms with Crippen molar-refractivity contribution in [2.45, 2.75) is 64.7 Å². The Labute approximate surface area is 169 Å². The number of rotatable bonds is 8. The van der Waals surface area contributed by atoms with Gasteiger partial charge < -0.3 is 9.84 Å². The van der Waals surface area contributed by atoms with Gasteiger partial charge in [-0.1, -0.05) is 37.1 Å². The number of esters is 1. The standard InChI is InChI=1S/C13H18O.C11H14O3/c1-2-3-4-9-13(14)11-10-12-7-5-6-8-12;1-14-11(13)8-4-6-9-5-2-3-7-10(9)12/h10-12H,4-9H2,1H3;2-3,5,7,12H,4,6,8H2,1H3/b11-10+;. The van der Waals surface area contributed by atoms with E-state index in [4.69, 9.17) is 0 Å². The van der Waals surface area contributed by atoms with Gasteiger partial charge in [-0.3, -0.25) is 9.59 Å². The van der Waals surface area contributed by atoms with Crippen molar-refractivity contribution >= 4 is 11.8 Å². The van der Waals surface area contributed by atoms with Crippen LogP contribution in [-0.4, -0.2) is 24.0 Å². The summed E-state index contributed by atoms with van der Waals surface area (Å²) in [6.07, 6.45) is 12.1. The minimum atomic E-state index is -0.208. The van der Waals surface area contributed by atoms with Crippen molar-refractivity contribution in [2.75, 3.05) is 7.11 Å². The Morgan fingerprint density at radius 1 is 1.21 bits per heavy atom. The molecule has 0 amide bonds. The quantitative estimate of drug-likeness (QED) is 0.389. The summed E-state index contributed by atoms with van der Waals surface area (Å²) in [4.78, 5) is 22.1. The SMILES string of the molecule is CC#CCCC(=O)/C=C/C1CCCC1.COC(=O)CCCc1ccccc1O. The fourth-order valence-corrected chi connectivity index (χ4v) is 3.03. The minimum absolute atomic E-state index is 0.208. The van der Waals surface area contributed by atoms with Crippen LogP contribution in [0.5, 0.6) is 5.75 Å². The summed E-state index contributed by atoms with van der Waals surface area (Å²) >= 11 is 0. The number of methoxy groups -OCH3 is 1. The predicted octanol–water partition coefficient (Wildman–Crippen LogP) is 4.99. The van der Waals surface area contributed by atoms with Crippen LogP contribution in [0.25, 0.3) is 0 Å². The molecule has 1 N–H and O–H groups in total. The molecule has 0 radical (unpaired) electrons. The zero-order valence-corrected chi connectivity index (χ0v) is 17.1. The lowest BCUT2D eigenvalue weighted by Crippen LogP contribution is -2.00. The van der Waals surface area contributed by atoms with Gasteiger partial charge in [0.05, 0.1) is 7.11 Å². The molecule has 1 fully saturated rings. The number of carbonyl (C=O) groups excluding carboxylic acids is 2. The molecule has 0 unspecified atom stereocenters. The summed E-state index contributed by atoms with van der Waals surface area (Å²) in [7, 11) is 1.38. The third-order valence-electron chi connectivity index (χ3n) is 4.67. The number of carbonyl (C=O) groups is 2. The Balaban J connectivity index is 0.000000280. The largest absolute Gasteiger partial charge is 0.508 e. The number of phenols is 1. The number of hydrogen-bond donors (Lipinski definition) is 1. The number of ketones is 1. The summed E-state index contributed by atoms with van der Waals surface area (Å²) in [6, 6.07) is 7.15. The van der Waals surface area contributed by atoms with Gasteiger partial charge in [0.25, 0.3) is 0 Å². The van der Waals surface area contributed by atoms with Gasteiger partial charge in [0, 0.05) is 19.3 Å². The van der Waals surface area contributed by atoms with Crippen LogP contribution in [0.4, 0.5) is 0 Å². The first-order valence-corrected chi connectivity index (χ1v) is 10.0. The van der Waals surface area contributed by atoms with Gasteiger partial charge in [-0.05, 0) is 56.2 Å². The van der Waals surface area contributed by atoms with E-state index >= 15 is 0 Å². The van der Waals surface area contributed by atoms with Crippen molar-refractivity contribution < 1.29 is 19.4 Å². The zero-order chi connectivity index (χ0) is 20.6. The van der Waals surface area contributed by atoms with E-state index in [0.29, 0.717) is 38.0 Å². The molecule has 1 aliphatic carbocycles. The van der Waals surface area contributed by atoms with Crippen molar-refractivity contribution in [2.24, 2.45) is 5.92 Å². The molecule has 0 spiro atoms. The van der Waals surface area contributed by atoms with Crippen LogP contribution in [0.2, 0.25) is 0 Å². The van der Waals surface area contributed by atoms with Crippen LogP contribution >= 0.6 is 0 Å². The van der Waals surface area contributed by atoms with Gasteiger partial charge in [-0.15, -0.1) is 11.8 Å². The number of aryl methyl sites for hydroxylation is 1. The predicted molar refractivity (Wildman–Crippen MR) is 112 cm³/mol. The summed E-state index contributed by atoms with van der Waals surface area (Å²) in [5, 5.41) is 9.42. The molecule has 152 valence electrons.